The average molecular weight is 1120 g/mol. The first kappa shape index (κ1) is 61.8. The van der Waals surface area contributed by atoms with Crippen LogP contribution in [0.1, 0.15) is 72.1 Å². The topological polar surface area (TPSA) is 317 Å². The van der Waals surface area contributed by atoms with E-state index in [-0.39, 0.29) is 17.2 Å². The summed E-state index contributed by atoms with van der Waals surface area (Å²) in [6.45, 7) is 5.81. The normalized spacial score (nSPS) is 22.3. The van der Waals surface area contributed by atoms with Crippen LogP contribution in [0.25, 0.3) is 18.2 Å². The summed E-state index contributed by atoms with van der Waals surface area (Å²) in [6.07, 6.45) is -8.25. The lowest BCUT2D eigenvalue weighted by Gasteiger charge is -2.46. The molecule has 3 aromatic rings. The molecule has 0 spiro atoms. The molecule has 9 atom stereocenters. The molecule has 25 nitrogen and oxygen atoms in total. The molecule has 0 saturated carbocycles. The molecule has 2 fully saturated rings. The number of rotatable bonds is 22. The van der Waals surface area contributed by atoms with Crippen LogP contribution in [0.5, 0.6) is 17.2 Å². The molecule has 2 heterocycles. The predicted octanol–water partition coefficient (Wildman–Crippen LogP) is 4.03. The Labute approximate surface area is 456 Å². The lowest BCUT2D eigenvalue weighted by Crippen LogP contribution is -2.65. The molecule has 0 N–H and O–H groups in total. The lowest BCUT2D eigenvalue weighted by atomic mass is 9.97. The third-order valence-corrected chi connectivity index (χ3v) is 10.7. The Balaban J connectivity index is 1.64. The van der Waals surface area contributed by atoms with Gasteiger partial charge in [0.1, 0.15) is 49.3 Å². The van der Waals surface area contributed by atoms with E-state index in [1.54, 1.807) is 0 Å². The molecule has 426 valence electrons. The minimum atomic E-state index is -2.84. The molecule has 2 aliphatic rings. The second-order valence-corrected chi connectivity index (χ2v) is 17.3. The van der Waals surface area contributed by atoms with Crippen LogP contribution in [0, 0.1) is 0 Å². The maximum Gasteiger partial charge on any atom is 0.331 e. The lowest BCUT2D eigenvalue weighted by molar-refractivity contribution is -0.384. The van der Waals surface area contributed by atoms with Gasteiger partial charge in [-0.25, -0.2) is 14.4 Å². The molecule has 5 rings (SSSR count). The molecule has 2 aliphatic heterocycles. The highest BCUT2D eigenvalue weighted by Gasteiger charge is 2.65. The van der Waals surface area contributed by atoms with Gasteiger partial charge in [-0.15, -0.1) is 0 Å². The molecule has 25 heteroatoms. The molecule has 0 unspecified atom stereocenters. The zero-order valence-corrected chi connectivity index (χ0v) is 44.3. The van der Waals surface area contributed by atoms with Crippen LogP contribution in [0.15, 0.2) is 91.0 Å². The molecule has 3 aromatic carbocycles. The number of carbonyl (C=O) groups is 11. The van der Waals surface area contributed by atoms with Gasteiger partial charge in [0.2, 0.25) is 12.1 Å². The summed E-state index contributed by atoms with van der Waals surface area (Å²) in [6, 6.07) is 17.7. The van der Waals surface area contributed by atoms with Gasteiger partial charge in [-0.05, 0) is 71.3 Å². The summed E-state index contributed by atoms with van der Waals surface area (Å²) in [5.74, 6) is -12.2. The van der Waals surface area contributed by atoms with Crippen molar-refractivity contribution in [3.05, 3.63) is 108 Å². The molecule has 0 radical (unpaired) electrons. The van der Waals surface area contributed by atoms with Gasteiger partial charge in [-0.3, -0.25) is 38.4 Å². The van der Waals surface area contributed by atoms with E-state index in [0.717, 1.165) is 52.8 Å². The highest BCUT2D eigenvalue weighted by atomic mass is 16.8. The third-order valence-electron chi connectivity index (χ3n) is 10.7. The van der Waals surface area contributed by atoms with Crippen molar-refractivity contribution in [3.63, 3.8) is 0 Å². The van der Waals surface area contributed by atoms with Crippen molar-refractivity contribution >= 4 is 83.9 Å². The highest BCUT2D eigenvalue weighted by Crippen LogP contribution is 2.42. The van der Waals surface area contributed by atoms with Gasteiger partial charge in [-0.2, -0.15) is 0 Å². The Morgan fingerprint density at radius 1 is 0.412 bits per heavy atom. The molecule has 0 aromatic heterocycles. The van der Waals surface area contributed by atoms with Crippen LogP contribution in [0.2, 0.25) is 0 Å². The standard InChI is InChI=1S/C55H56O25/c1-30(56)67-27-44-49(73-34(5)60)51(75-36(7)62)52(76-37(8)63)54(77-44)80-55(29-69-47(65)25-16-39-11-20-42(21-12-39)71-32(3)58)53(78-48(66)26-17-40-13-22-43(23-14-40)72-33(4)59)50(74-35(6)61)45(79-55)28-68-46(64)24-15-38-9-18-41(19-10-38)70-31(2)57/h9-26,44-45,49-54H,27-29H2,1-8H3/b24-15+,25-16+,26-17+/t44-,45-,49-,50-,51+,52-,53+,54-,55+/m1/s1. The van der Waals surface area contributed by atoms with E-state index in [2.05, 4.69) is 0 Å². The second kappa shape index (κ2) is 29.1. The number of carbonyl (C=O) groups excluding carboxylic acids is 11. The first-order valence-corrected chi connectivity index (χ1v) is 24.2. The molecule has 2 saturated heterocycles. The maximum atomic E-state index is 14.1. The van der Waals surface area contributed by atoms with Crippen LogP contribution < -0.4 is 14.2 Å². The summed E-state index contributed by atoms with van der Waals surface area (Å²) in [5.41, 5.74) is 1.24. The monoisotopic (exact) mass is 1120 g/mol. The summed E-state index contributed by atoms with van der Waals surface area (Å²) in [7, 11) is 0. The van der Waals surface area contributed by atoms with Crippen LogP contribution in [-0.2, 0) is 105 Å². The van der Waals surface area contributed by atoms with E-state index >= 15 is 0 Å². The highest BCUT2D eigenvalue weighted by molar-refractivity contribution is 5.88. The first-order valence-electron chi connectivity index (χ1n) is 24.2. The van der Waals surface area contributed by atoms with Gasteiger partial charge < -0.3 is 66.3 Å². The Morgan fingerprint density at radius 2 is 0.800 bits per heavy atom. The number of ether oxygens (including phenoxy) is 14. The van der Waals surface area contributed by atoms with Crippen molar-refractivity contribution < 1.29 is 119 Å². The molecule has 0 amide bonds. The predicted molar refractivity (Wildman–Crippen MR) is 268 cm³/mol. The van der Waals surface area contributed by atoms with Crippen molar-refractivity contribution in [2.24, 2.45) is 0 Å². The SMILES string of the molecule is CC(=O)OC[C@H]1O[C@H](O[C@]2(COC(=O)/C=C/c3ccc(OC(C)=O)cc3)O[C@H](COC(=O)/C=C/c3ccc(OC(C)=O)cc3)[C@@H](OC(C)=O)[C@@H]2OC(=O)/C=C/c2ccc(OC(C)=O)cc2)[C@H](OC(C)=O)[C@@H](OC(C)=O)[C@@H]1OC(C)=O. The van der Waals surface area contributed by atoms with Crippen LogP contribution in [0.3, 0.4) is 0 Å². The smallest absolute Gasteiger partial charge is 0.331 e. The fourth-order valence-corrected chi connectivity index (χ4v) is 7.70. The van der Waals surface area contributed by atoms with E-state index in [4.69, 9.17) is 66.3 Å². The summed E-state index contributed by atoms with van der Waals surface area (Å²) < 4.78 is 79.3. The fourth-order valence-electron chi connectivity index (χ4n) is 7.70. The Morgan fingerprint density at radius 3 is 1.23 bits per heavy atom. The van der Waals surface area contributed by atoms with Crippen molar-refractivity contribution in [3.8, 4) is 17.2 Å². The van der Waals surface area contributed by atoms with Crippen LogP contribution >= 0.6 is 0 Å². The molecular weight excluding hydrogens is 1060 g/mol. The quantitative estimate of drug-likeness (QED) is 0.0593. The molecule has 80 heavy (non-hydrogen) atoms. The van der Waals surface area contributed by atoms with E-state index in [9.17, 15) is 52.7 Å². The second-order valence-electron chi connectivity index (χ2n) is 17.3. The van der Waals surface area contributed by atoms with Crippen molar-refractivity contribution in [2.45, 2.75) is 110 Å². The Kier molecular flexibility index (Phi) is 22.4. The average Bonchev–Trinajstić information content (AvgIpc) is 3.69. The molecular formula is C55H56O25. The fraction of sp³-hybridized carbons (Fsp3) is 0.364. The number of hydrogen-bond acceptors (Lipinski definition) is 25. The van der Waals surface area contributed by atoms with Gasteiger partial charge in [0.05, 0.1) is 0 Å². The largest absolute Gasteiger partial charge is 0.463 e. The van der Waals surface area contributed by atoms with E-state index in [1.807, 2.05) is 0 Å². The van der Waals surface area contributed by atoms with Crippen molar-refractivity contribution in [1.29, 1.82) is 0 Å². The van der Waals surface area contributed by atoms with E-state index < -0.39 is 140 Å². The van der Waals surface area contributed by atoms with Crippen molar-refractivity contribution in [1.82, 2.24) is 0 Å². The number of esters is 11. The summed E-state index contributed by atoms with van der Waals surface area (Å²) >= 11 is 0. The van der Waals surface area contributed by atoms with Gasteiger partial charge >= 0.3 is 65.7 Å². The summed E-state index contributed by atoms with van der Waals surface area (Å²) in [5, 5.41) is 0. The third kappa shape index (κ3) is 19.4. The zero-order chi connectivity index (χ0) is 58.7. The zero-order valence-electron chi connectivity index (χ0n) is 44.3. The molecule has 0 aliphatic carbocycles. The van der Waals surface area contributed by atoms with Crippen LogP contribution in [0.4, 0.5) is 0 Å². The number of hydrogen-bond donors (Lipinski definition) is 0. The maximum absolute atomic E-state index is 14.1. The number of benzene rings is 3. The van der Waals surface area contributed by atoms with E-state index in [0.29, 0.717) is 16.7 Å². The van der Waals surface area contributed by atoms with Crippen molar-refractivity contribution in [2.75, 3.05) is 19.8 Å². The minimum Gasteiger partial charge on any atom is -0.463 e. The molecule has 0 bridgehead atoms. The van der Waals surface area contributed by atoms with Gasteiger partial charge in [-0.1, -0.05) is 36.4 Å². The van der Waals surface area contributed by atoms with Gasteiger partial charge in [0, 0.05) is 73.6 Å². The van der Waals surface area contributed by atoms with Crippen LogP contribution in [-0.4, -0.2) is 140 Å². The van der Waals surface area contributed by atoms with Gasteiger partial charge in [0.15, 0.2) is 30.5 Å². The Hall–Kier alpha value is -9.07. The van der Waals surface area contributed by atoms with E-state index in [1.165, 1.54) is 112 Å². The Bertz CT molecular complexity index is 2850. The summed E-state index contributed by atoms with van der Waals surface area (Å²) in [4.78, 5) is 139. The first-order chi connectivity index (χ1) is 37.9. The minimum absolute atomic E-state index is 0.187. The van der Waals surface area contributed by atoms with Gasteiger partial charge in [0.25, 0.3) is 0 Å².